The van der Waals surface area contributed by atoms with Crippen molar-refractivity contribution >= 4 is 0 Å². The lowest BCUT2D eigenvalue weighted by molar-refractivity contribution is -0.152. The summed E-state index contributed by atoms with van der Waals surface area (Å²) in [5.41, 5.74) is -1.72. The number of hydrogen-bond donors (Lipinski definition) is 2. The maximum atomic E-state index is 10.8. The first-order chi connectivity index (χ1) is 7.98. The molecule has 2 N–H and O–H groups in total. The van der Waals surface area contributed by atoms with E-state index < -0.39 is 11.2 Å². The molecule has 0 heterocycles. The topological polar surface area (TPSA) is 43.7 Å². The van der Waals surface area contributed by atoms with Gasteiger partial charge in [-0.3, -0.25) is 0 Å². The zero-order chi connectivity index (χ0) is 12.5. The molecular weight excluding hydrogens is 214 g/mol. The van der Waals surface area contributed by atoms with Crippen molar-refractivity contribution in [2.75, 3.05) is 20.6 Å². The summed E-state index contributed by atoms with van der Waals surface area (Å²) in [5, 5.41) is 21.3. The fraction of sp³-hybridized carbons (Fsp3) is 0.857. The van der Waals surface area contributed by atoms with Gasteiger partial charge in [-0.25, -0.2) is 0 Å². The minimum absolute atomic E-state index is 0.261. The average Bonchev–Trinajstić information content (AvgIpc) is 2.52. The van der Waals surface area contributed by atoms with Crippen LogP contribution in [0.1, 0.15) is 38.5 Å². The van der Waals surface area contributed by atoms with Gasteiger partial charge in [-0.05, 0) is 65.1 Å². The van der Waals surface area contributed by atoms with Gasteiger partial charge < -0.3 is 15.1 Å². The van der Waals surface area contributed by atoms with Crippen LogP contribution in [0.15, 0.2) is 12.2 Å². The van der Waals surface area contributed by atoms with Crippen molar-refractivity contribution in [1.29, 1.82) is 0 Å². The first-order valence-electron chi connectivity index (χ1n) is 6.72. The van der Waals surface area contributed by atoms with Gasteiger partial charge >= 0.3 is 0 Å². The van der Waals surface area contributed by atoms with Crippen molar-refractivity contribution in [2.45, 2.75) is 49.7 Å². The largest absolute Gasteiger partial charge is 0.387 e. The Balaban J connectivity index is 1.98. The smallest absolute Gasteiger partial charge is 0.0998 e. The zero-order valence-corrected chi connectivity index (χ0v) is 11.0. The second kappa shape index (κ2) is 4.71. The van der Waals surface area contributed by atoms with Gasteiger partial charge in [0.1, 0.15) is 0 Å². The van der Waals surface area contributed by atoms with Crippen LogP contribution in [0.3, 0.4) is 0 Å². The molecule has 2 aliphatic carbocycles. The Labute approximate surface area is 104 Å². The van der Waals surface area contributed by atoms with Gasteiger partial charge in [0.25, 0.3) is 0 Å². The molecule has 2 rings (SSSR count). The number of hydrogen-bond acceptors (Lipinski definition) is 3. The highest BCUT2D eigenvalue weighted by molar-refractivity contribution is 5.18. The quantitative estimate of drug-likeness (QED) is 0.732. The Hall–Kier alpha value is -0.380. The summed E-state index contributed by atoms with van der Waals surface area (Å²) in [4.78, 5) is 2.17. The van der Waals surface area contributed by atoms with Gasteiger partial charge in [0.15, 0.2) is 0 Å². The van der Waals surface area contributed by atoms with Crippen molar-refractivity contribution in [3.8, 4) is 0 Å². The van der Waals surface area contributed by atoms with Gasteiger partial charge in [-0.2, -0.15) is 0 Å². The van der Waals surface area contributed by atoms with E-state index in [9.17, 15) is 10.2 Å². The van der Waals surface area contributed by atoms with Gasteiger partial charge in [0, 0.05) is 0 Å². The van der Waals surface area contributed by atoms with Crippen LogP contribution in [-0.2, 0) is 0 Å². The van der Waals surface area contributed by atoms with Crippen molar-refractivity contribution in [2.24, 2.45) is 5.92 Å². The molecule has 0 radical (unpaired) electrons. The van der Waals surface area contributed by atoms with Gasteiger partial charge in [-0.15, -0.1) is 0 Å². The predicted octanol–water partition coefficient (Wildman–Crippen LogP) is 1.55. The van der Waals surface area contributed by atoms with E-state index in [0.29, 0.717) is 12.8 Å². The van der Waals surface area contributed by atoms with Crippen molar-refractivity contribution in [3.63, 3.8) is 0 Å². The van der Waals surface area contributed by atoms with Crippen LogP contribution >= 0.6 is 0 Å². The van der Waals surface area contributed by atoms with Crippen LogP contribution in [0.5, 0.6) is 0 Å². The third kappa shape index (κ3) is 2.28. The summed E-state index contributed by atoms with van der Waals surface area (Å²) < 4.78 is 0. The van der Waals surface area contributed by atoms with Gasteiger partial charge in [0.2, 0.25) is 0 Å². The van der Waals surface area contributed by atoms with Crippen LogP contribution in [0, 0.1) is 5.92 Å². The molecule has 0 spiro atoms. The van der Waals surface area contributed by atoms with Crippen LogP contribution in [0.2, 0.25) is 0 Å². The van der Waals surface area contributed by atoms with E-state index in [2.05, 4.69) is 19.0 Å². The number of fused-ring (bicyclic) bond motifs is 1. The fourth-order valence-corrected chi connectivity index (χ4v) is 3.46. The number of rotatable bonds is 4. The van der Waals surface area contributed by atoms with Crippen molar-refractivity contribution in [1.82, 2.24) is 4.90 Å². The summed E-state index contributed by atoms with van der Waals surface area (Å²) in [6.07, 6.45) is 9.10. The van der Waals surface area contributed by atoms with E-state index in [4.69, 9.17) is 0 Å². The van der Waals surface area contributed by atoms with E-state index in [1.54, 1.807) is 0 Å². The molecule has 17 heavy (non-hydrogen) atoms. The van der Waals surface area contributed by atoms with E-state index in [1.165, 1.54) is 0 Å². The lowest BCUT2D eigenvalue weighted by Gasteiger charge is -2.43. The van der Waals surface area contributed by atoms with E-state index in [0.717, 1.165) is 32.2 Å². The molecule has 1 fully saturated rings. The Morgan fingerprint density at radius 1 is 1.24 bits per heavy atom. The maximum absolute atomic E-state index is 10.8. The maximum Gasteiger partial charge on any atom is 0.0998 e. The number of nitrogens with zero attached hydrogens (tertiary/aromatic N) is 1. The normalized spacial score (nSPS) is 40.9. The SMILES string of the molecule is CN(C)CCC[C@@H]1CC[C@]2(O)CC=CC[C@@]12O. The molecule has 0 aromatic heterocycles. The zero-order valence-electron chi connectivity index (χ0n) is 11.0. The first-order valence-corrected chi connectivity index (χ1v) is 6.72. The van der Waals surface area contributed by atoms with Crippen LogP contribution in [0.25, 0.3) is 0 Å². The summed E-state index contributed by atoms with van der Waals surface area (Å²) >= 11 is 0. The number of aliphatic hydroxyl groups is 2. The van der Waals surface area contributed by atoms with Gasteiger partial charge in [0.05, 0.1) is 11.2 Å². The molecule has 0 saturated heterocycles. The molecule has 3 heteroatoms. The third-order valence-electron chi connectivity index (χ3n) is 4.60. The Morgan fingerprint density at radius 3 is 2.65 bits per heavy atom. The summed E-state index contributed by atoms with van der Waals surface area (Å²) in [6.45, 7) is 1.06. The molecule has 0 aromatic rings. The summed E-state index contributed by atoms with van der Waals surface area (Å²) in [6, 6.07) is 0. The molecule has 1 saturated carbocycles. The monoisotopic (exact) mass is 239 g/mol. The standard InChI is InChI=1S/C14H25NO2/c1-15(2)11-5-6-12-7-10-13(16)8-3-4-9-14(12,13)17/h3-4,12,16-17H,5-11H2,1-2H3/t12-,13-,14-/m1/s1. The average molecular weight is 239 g/mol. The highest BCUT2D eigenvalue weighted by atomic mass is 16.4. The molecule has 3 atom stereocenters. The van der Waals surface area contributed by atoms with E-state index >= 15 is 0 Å². The third-order valence-corrected chi connectivity index (χ3v) is 4.60. The lowest BCUT2D eigenvalue weighted by Crippen LogP contribution is -2.54. The Morgan fingerprint density at radius 2 is 1.94 bits per heavy atom. The van der Waals surface area contributed by atoms with Gasteiger partial charge in [-0.1, -0.05) is 12.2 Å². The minimum Gasteiger partial charge on any atom is -0.387 e. The highest BCUT2D eigenvalue weighted by Crippen LogP contribution is 2.51. The second-order valence-electron chi connectivity index (χ2n) is 6.02. The Bertz CT molecular complexity index is 303. The second-order valence-corrected chi connectivity index (χ2v) is 6.02. The van der Waals surface area contributed by atoms with Crippen LogP contribution in [-0.4, -0.2) is 47.0 Å². The van der Waals surface area contributed by atoms with E-state index in [-0.39, 0.29) is 5.92 Å². The molecule has 3 nitrogen and oxygen atoms in total. The molecule has 2 aliphatic rings. The lowest BCUT2D eigenvalue weighted by atomic mass is 9.72. The van der Waals surface area contributed by atoms with Crippen LogP contribution in [0.4, 0.5) is 0 Å². The van der Waals surface area contributed by atoms with E-state index in [1.807, 2.05) is 12.2 Å². The summed E-state index contributed by atoms with van der Waals surface area (Å²) in [7, 11) is 4.14. The molecule has 0 aromatic carbocycles. The Kier molecular flexibility index (Phi) is 3.62. The molecule has 0 bridgehead atoms. The molecule has 0 aliphatic heterocycles. The molecular formula is C14H25NO2. The molecule has 0 amide bonds. The molecule has 98 valence electrons. The van der Waals surface area contributed by atoms with Crippen LogP contribution < -0.4 is 0 Å². The minimum atomic E-state index is -0.867. The predicted molar refractivity (Wildman–Crippen MR) is 68.8 cm³/mol. The highest BCUT2D eigenvalue weighted by Gasteiger charge is 2.57. The van der Waals surface area contributed by atoms with Crippen molar-refractivity contribution in [3.05, 3.63) is 12.2 Å². The summed E-state index contributed by atoms with van der Waals surface area (Å²) in [5.74, 6) is 0.261. The molecule has 0 unspecified atom stereocenters. The van der Waals surface area contributed by atoms with Crippen molar-refractivity contribution < 1.29 is 10.2 Å². The first kappa shape index (κ1) is 13.1. The fourth-order valence-electron chi connectivity index (χ4n) is 3.46.